The molecule has 96 valence electrons. The standard InChI is InChI=1S/C13H22N2O2/c1-10(2)12(14-13(16)11(3)4)9-15-5-7-17-8-6-15/h5,10,12H,3,6-9H2,1-2,4H3/p+1/t12-/m1/s1. The molecule has 0 bridgehead atoms. The van der Waals surface area contributed by atoms with Gasteiger partial charge in [-0.1, -0.05) is 20.4 Å². The van der Waals surface area contributed by atoms with Crippen LogP contribution in [-0.4, -0.2) is 49.0 Å². The molecule has 0 spiro atoms. The molecule has 17 heavy (non-hydrogen) atoms. The molecule has 1 aliphatic rings. The van der Waals surface area contributed by atoms with Crippen LogP contribution in [0.2, 0.25) is 0 Å². The lowest BCUT2D eigenvalue weighted by Crippen LogP contribution is -2.46. The van der Waals surface area contributed by atoms with E-state index < -0.39 is 0 Å². The van der Waals surface area contributed by atoms with Gasteiger partial charge in [0.2, 0.25) is 5.91 Å². The third kappa shape index (κ3) is 4.69. The Morgan fingerprint density at radius 1 is 1.59 bits per heavy atom. The third-order valence-corrected chi connectivity index (χ3v) is 2.91. The summed E-state index contributed by atoms with van der Waals surface area (Å²) in [5, 5.41) is 3.02. The second-order valence-corrected chi connectivity index (χ2v) is 4.86. The molecule has 1 N–H and O–H groups in total. The van der Waals surface area contributed by atoms with Gasteiger partial charge in [0, 0.05) is 5.57 Å². The van der Waals surface area contributed by atoms with Crippen LogP contribution in [0.3, 0.4) is 0 Å². The molecular weight excluding hydrogens is 216 g/mol. The highest BCUT2D eigenvalue weighted by atomic mass is 16.5. The van der Waals surface area contributed by atoms with Crippen LogP contribution in [0.5, 0.6) is 0 Å². The van der Waals surface area contributed by atoms with Crippen LogP contribution in [0.25, 0.3) is 0 Å². The number of hydrogen-bond acceptors (Lipinski definition) is 2. The Balaban J connectivity index is 2.56. The van der Waals surface area contributed by atoms with Gasteiger partial charge in [-0.3, -0.25) is 4.79 Å². The fraction of sp³-hybridized carbons (Fsp3) is 0.692. The minimum absolute atomic E-state index is 0.0584. The van der Waals surface area contributed by atoms with E-state index in [1.807, 2.05) is 6.21 Å². The van der Waals surface area contributed by atoms with Crippen LogP contribution in [0.15, 0.2) is 12.2 Å². The molecule has 0 aromatic heterocycles. The van der Waals surface area contributed by atoms with Gasteiger partial charge in [-0.25, -0.2) is 4.58 Å². The summed E-state index contributed by atoms with van der Waals surface area (Å²) in [6, 6.07) is 0.147. The molecule has 4 nitrogen and oxygen atoms in total. The minimum Gasteiger partial charge on any atom is -0.365 e. The van der Waals surface area contributed by atoms with E-state index in [1.54, 1.807) is 6.92 Å². The molecular formula is C13H23N2O2+. The highest BCUT2D eigenvalue weighted by Crippen LogP contribution is 2.04. The zero-order valence-corrected chi connectivity index (χ0v) is 11.0. The summed E-state index contributed by atoms with van der Waals surface area (Å²) >= 11 is 0. The Kier molecular flexibility index (Phi) is 5.35. The zero-order chi connectivity index (χ0) is 12.8. The maximum atomic E-state index is 11.6. The molecule has 0 saturated heterocycles. The second kappa shape index (κ2) is 6.55. The van der Waals surface area contributed by atoms with Crippen molar-refractivity contribution in [3.63, 3.8) is 0 Å². The number of nitrogens with one attached hydrogen (secondary N) is 1. The molecule has 0 saturated carbocycles. The topological polar surface area (TPSA) is 41.3 Å². The van der Waals surface area contributed by atoms with E-state index in [-0.39, 0.29) is 11.9 Å². The first-order valence-electron chi connectivity index (χ1n) is 6.12. The van der Waals surface area contributed by atoms with E-state index in [2.05, 4.69) is 30.3 Å². The molecule has 0 unspecified atom stereocenters. The average molecular weight is 239 g/mol. The predicted molar refractivity (Wildman–Crippen MR) is 68.5 cm³/mol. The smallest absolute Gasteiger partial charge is 0.246 e. The number of rotatable bonds is 5. The van der Waals surface area contributed by atoms with Crippen LogP contribution in [0.1, 0.15) is 20.8 Å². The average Bonchev–Trinajstić information content (AvgIpc) is 2.29. The van der Waals surface area contributed by atoms with Crippen molar-refractivity contribution in [3.8, 4) is 0 Å². The van der Waals surface area contributed by atoms with Gasteiger partial charge < -0.3 is 10.1 Å². The number of amides is 1. The van der Waals surface area contributed by atoms with E-state index in [0.717, 1.165) is 19.7 Å². The number of carbonyl (C=O) groups is 1. The van der Waals surface area contributed by atoms with E-state index in [1.165, 1.54) is 0 Å². The van der Waals surface area contributed by atoms with Gasteiger partial charge >= 0.3 is 0 Å². The first-order valence-corrected chi connectivity index (χ1v) is 6.12. The molecule has 1 amide bonds. The Bertz CT molecular complexity index is 321. The van der Waals surface area contributed by atoms with Crippen molar-refractivity contribution in [1.82, 2.24) is 5.32 Å². The molecule has 1 heterocycles. The van der Waals surface area contributed by atoms with Crippen LogP contribution in [0, 0.1) is 5.92 Å². The first kappa shape index (κ1) is 13.9. The second-order valence-electron chi connectivity index (χ2n) is 4.86. The first-order chi connectivity index (χ1) is 8.00. The Morgan fingerprint density at radius 3 is 2.76 bits per heavy atom. The van der Waals surface area contributed by atoms with Crippen molar-refractivity contribution < 1.29 is 14.1 Å². The SMILES string of the molecule is C=C(C)C(=O)N[C@H](C[N+]1=CCOCC1)C(C)C. The van der Waals surface area contributed by atoms with Gasteiger partial charge in [0.15, 0.2) is 19.3 Å². The summed E-state index contributed by atoms with van der Waals surface area (Å²) in [4.78, 5) is 11.6. The highest BCUT2D eigenvalue weighted by molar-refractivity contribution is 5.92. The zero-order valence-electron chi connectivity index (χ0n) is 11.0. The van der Waals surface area contributed by atoms with Crippen LogP contribution < -0.4 is 5.32 Å². The van der Waals surface area contributed by atoms with Crippen LogP contribution >= 0.6 is 0 Å². The number of ether oxygens (including phenoxy) is 1. The molecule has 0 fully saturated rings. The van der Waals surface area contributed by atoms with E-state index in [9.17, 15) is 4.79 Å². The lowest BCUT2D eigenvalue weighted by Gasteiger charge is -2.22. The lowest BCUT2D eigenvalue weighted by atomic mass is 10.0. The molecule has 0 radical (unpaired) electrons. The number of nitrogens with zero attached hydrogens (tertiary/aromatic N) is 1. The molecule has 1 atom stereocenters. The van der Waals surface area contributed by atoms with Crippen LogP contribution in [-0.2, 0) is 9.53 Å². The van der Waals surface area contributed by atoms with Gasteiger partial charge in [0.05, 0.1) is 6.04 Å². The molecule has 0 aromatic carbocycles. The van der Waals surface area contributed by atoms with Gasteiger partial charge in [0.1, 0.15) is 13.2 Å². The Labute approximate surface area is 103 Å². The fourth-order valence-electron chi connectivity index (χ4n) is 1.65. The normalized spacial score (nSPS) is 17.5. The lowest BCUT2D eigenvalue weighted by molar-refractivity contribution is -0.537. The summed E-state index contributed by atoms with van der Waals surface area (Å²) < 4.78 is 7.48. The number of hydrogen-bond donors (Lipinski definition) is 1. The Morgan fingerprint density at radius 2 is 2.29 bits per heavy atom. The summed E-state index contributed by atoms with van der Waals surface area (Å²) in [5.74, 6) is 0.339. The van der Waals surface area contributed by atoms with E-state index >= 15 is 0 Å². The third-order valence-electron chi connectivity index (χ3n) is 2.91. The molecule has 0 aliphatic carbocycles. The molecule has 0 aromatic rings. The summed E-state index contributed by atoms with van der Waals surface area (Å²) in [6.07, 6.45) is 2.05. The summed E-state index contributed by atoms with van der Waals surface area (Å²) in [6.45, 7) is 12.8. The van der Waals surface area contributed by atoms with Crippen molar-refractivity contribution in [1.29, 1.82) is 0 Å². The van der Waals surface area contributed by atoms with Crippen molar-refractivity contribution >= 4 is 12.1 Å². The van der Waals surface area contributed by atoms with Gasteiger partial charge in [-0.05, 0) is 12.8 Å². The largest absolute Gasteiger partial charge is 0.365 e. The van der Waals surface area contributed by atoms with Crippen molar-refractivity contribution in [2.24, 2.45) is 5.92 Å². The minimum atomic E-state index is -0.0584. The molecule has 1 rings (SSSR count). The quantitative estimate of drug-likeness (QED) is 0.570. The molecule has 1 aliphatic heterocycles. The van der Waals surface area contributed by atoms with E-state index in [0.29, 0.717) is 18.1 Å². The fourth-order valence-corrected chi connectivity index (χ4v) is 1.65. The molecule has 4 heteroatoms. The van der Waals surface area contributed by atoms with Crippen molar-refractivity contribution in [3.05, 3.63) is 12.2 Å². The van der Waals surface area contributed by atoms with Gasteiger partial charge in [0.25, 0.3) is 0 Å². The maximum Gasteiger partial charge on any atom is 0.246 e. The van der Waals surface area contributed by atoms with Crippen molar-refractivity contribution in [2.45, 2.75) is 26.8 Å². The monoisotopic (exact) mass is 239 g/mol. The van der Waals surface area contributed by atoms with Crippen molar-refractivity contribution in [2.75, 3.05) is 26.3 Å². The van der Waals surface area contributed by atoms with Gasteiger partial charge in [-0.15, -0.1) is 0 Å². The van der Waals surface area contributed by atoms with Gasteiger partial charge in [-0.2, -0.15) is 0 Å². The summed E-state index contributed by atoms with van der Waals surface area (Å²) in [7, 11) is 0. The summed E-state index contributed by atoms with van der Waals surface area (Å²) in [5.41, 5.74) is 0.557. The predicted octanol–water partition coefficient (Wildman–Crippen LogP) is 0.817. The van der Waals surface area contributed by atoms with Crippen LogP contribution in [0.4, 0.5) is 0 Å². The number of carbonyl (C=O) groups excluding carboxylic acids is 1. The Hall–Kier alpha value is -1.16. The highest BCUT2D eigenvalue weighted by Gasteiger charge is 2.22. The maximum absolute atomic E-state index is 11.6. The van der Waals surface area contributed by atoms with E-state index in [4.69, 9.17) is 4.74 Å².